The summed E-state index contributed by atoms with van der Waals surface area (Å²) < 4.78 is 0. The molecular formula is C20H10Cl2N2. The van der Waals surface area contributed by atoms with Crippen LogP contribution < -0.4 is 0 Å². The SMILES string of the molecule is Clc1cc2nc3c4ccccc4c4ccccc4c3nc2cc1Cl. The van der Waals surface area contributed by atoms with Gasteiger partial charge in [-0.25, -0.2) is 9.97 Å². The van der Waals surface area contributed by atoms with Crippen LogP contribution in [0.3, 0.4) is 0 Å². The molecule has 114 valence electrons. The lowest BCUT2D eigenvalue weighted by atomic mass is 9.99. The molecule has 4 aromatic carbocycles. The summed E-state index contributed by atoms with van der Waals surface area (Å²) >= 11 is 12.3. The highest BCUT2D eigenvalue weighted by Gasteiger charge is 2.12. The van der Waals surface area contributed by atoms with Gasteiger partial charge in [0.2, 0.25) is 0 Å². The topological polar surface area (TPSA) is 25.8 Å². The van der Waals surface area contributed by atoms with Crippen LogP contribution in [0.4, 0.5) is 0 Å². The van der Waals surface area contributed by atoms with Crippen molar-refractivity contribution in [2.75, 3.05) is 0 Å². The van der Waals surface area contributed by atoms with Crippen molar-refractivity contribution in [2.24, 2.45) is 0 Å². The summed E-state index contributed by atoms with van der Waals surface area (Å²) in [5, 5.41) is 5.51. The first-order valence-corrected chi connectivity index (χ1v) is 8.34. The summed E-state index contributed by atoms with van der Waals surface area (Å²) in [4.78, 5) is 9.70. The zero-order valence-electron chi connectivity index (χ0n) is 12.4. The number of hydrogen-bond donors (Lipinski definition) is 0. The minimum atomic E-state index is 0.489. The molecule has 0 unspecified atom stereocenters. The van der Waals surface area contributed by atoms with Gasteiger partial charge in [0.05, 0.1) is 32.1 Å². The van der Waals surface area contributed by atoms with Crippen LogP contribution in [0, 0.1) is 0 Å². The molecule has 0 saturated carbocycles. The largest absolute Gasteiger partial charge is 0.244 e. The van der Waals surface area contributed by atoms with Gasteiger partial charge in [-0.2, -0.15) is 0 Å². The smallest absolute Gasteiger partial charge is 0.0979 e. The van der Waals surface area contributed by atoms with E-state index in [1.54, 1.807) is 12.1 Å². The van der Waals surface area contributed by atoms with Crippen LogP contribution >= 0.6 is 23.2 Å². The molecule has 0 bridgehead atoms. The van der Waals surface area contributed by atoms with Crippen molar-refractivity contribution in [1.82, 2.24) is 9.97 Å². The summed E-state index contributed by atoms with van der Waals surface area (Å²) in [7, 11) is 0. The normalized spacial score (nSPS) is 11.8. The van der Waals surface area contributed by atoms with E-state index in [0.717, 1.165) is 32.8 Å². The van der Waals surface area contributed by atoms with Crippen LogP contribution in [0.2, 0.25) is 10.0 Å². The van der Waals surface area contributed by atoms with Crippen molar-refractivity contribution < 1.29 is 0 Å². The lowest BCUT2D eigenvalue weighted by Crippen LogP contribution is -1.91. The third-order valence-corrected chi connectivity index (χ3v) is 5.08. The number of benzene rings is 4. The molecule has 0 aliphatic heterocycles. The maximum absolute atomic E-state index is 6.15. The van der Waals surface area contributed by atoms with Crippen molar-refractivity contribution in [2.45, 2.75) is 0 Å². The fourth-order valence-corrected chi connectivity index (χ4v) is 3.59. The third-order valence-electron chi connectivity index (χ3n) is 4.36. The van der Waals surface area contributed by atoms with Crippen molar-refractivity contribution in [3.05, 3.63) is 70.7 Å². The number of aromatic nitrogens is 2. The standard InChI is InChI=1S/C20H10Cl2N2/c21-15-9-17-18(10-16(15)22)24-20-14-8-4-2-6-12(14)11-5-1-3-7-13(11)19(20)23-17/h1-10H. The van der Waals surface area contributed by atoms with E-state index in [1.165, 1.54) is 10.8 Å². The molecule has 0 aliphatic rings. The quantitative estimate of drug-likeness (QED) is 0.239. The van der Waals surface area contributed by atoms with Crippen LogP contribution in [0.15, 0.2) is 60.7 Å². The first-order valence-electron chi connectivity index (χ1n) is 7.58. The van der Waals surface area contributed by atoms with Gasteiger partial charge in [-0.05, 0) is 22.9 Å². The molecule has 4 heteroatoms. The van der Waals surface area contributed by atoms with E-state index in [1.807, 2.05) is 24.3 Å². The summed E-state index contributed by atoms with van der Waals surface area (Å²) in [6, 6.07) is 20.1. The Morgan fingerprint density at radius 3 is 1.33 bits per heavy atom. The Balaban J connectivity index is 2.11. The number of halogens is 2. The molecule has 0 radical (unpaired) electrons. The molecule has 2 nitrogen and oxygen atoms in total. The second-order valence-corrected chi connectivity index (χ2v) is 6.58. The van der Waals surface area contributed by atoms with Crippen molar-refractivity contribution in [3.63, 3.8) is 0 Å². The monoisotopic (exact) mass is 348 g/mol. The molecule has 0 saturated heterocycles. The van der Waals surface area contributed by atoms with Gasteiger partial charge < -0.3 is 0 Å². The Hall–Kier alpha value is -2.42. The molecular weight excluding hydrogens is 339 g/mol. The highest BCUT2D eigenvalue weighted by molar-refractivity contribution is 6.42. The van der Waals surface area contributed by atoms with E-state index >= 15 is 0 Å². The van der Waals surface area contributed by atoms with E-state index < -0.39 is 0 Å². The Bertz CT molecular complexity index is 1180. The Labute approximate surface area is 147 Å². The van der Waals surface area contributed by atoms with Crippen molar-refractivity contribution in [3.8, 4) is 0 Å². The van der Waals surface area contributed by atoms with Crippen LogP contribution in [0.5, 0.6) is 0 Å². The summed E-state index contributed by atoms with van der Waals surface area (Å²) in [5.74, 6) is 0. The summed E-state index contributed by atoms with van der Waals surface area (Å²) in [5.41, 5.74) is 3.26. The van der Waals surface area contributed by atoms with Gasteiger partial charge in [-0.1, -0.05) is 71.7 Å². The van der Waals surface area contributed by atoms with Gasteiger partial charge in [-0.15, -0.1) is 0 Å². The highest BCUT2D eigenvalue weighted by atomic mass is 35.5. The Morgan fingerprint density at radius 2 is 0.917 bits per heavy atom. The first kappa shape index (κ1) is 14.0. The van der Waals surface area contributed by atoms with Gasteiger partial charge in [0, 0.05) is 10.8 Å². The maximum Gasteiger partial charge on any atom is 0.0979 e. The predicted octanol–water partition coefficient (Wildman–Crippen LogP) is 6.40. The van der Waals surface area contributed by atoms with Crippen molar-refractivity contribution >= 4 is 66.8 Å². The molecule has 0 spiro atoms. The highest BCUT2D eigenvalue weighted by Crippen LogP contribution is 2.35. The van der Waals surface area contributed by atoms with Gasteiger partial charge in [0.15, 0.2) is 0 Å². The lowest BCUT2D eigenvalue weighted by Gasteiger charge is -2.10. The third kappa shape index (κ3) is 1.90. The molecule has 0 amide bonds. The number of fused-ring (bicyclic) bond motifs is 7. The molecule has 24 heavy (non-hydrogen) atoms. The average Bonchev–Trinajstić information content (AvgIpc) is 2.62. The van der Waals surface area contributed by atoms with E-state index in [0.29, 0.717) is 10.0 Å². The van der Waals surface area contributed by atoms with E-state index in [9.17, 15) is 0 Å². The van der Waals surface area contributed by atoms with Crippen LogP contribution in [-0.2, 0) is 0 Å². The second kappa shape index (κ2) is 5.04. The average molecular weight is 349 g/mol. The number of nitrogens with zero attached hydrogens (tertiary/aromatic N) is 2. The number of hydrogen-bond acceptors (Lipinski definition) is 2. The summed E-state index contributed by atoms with van der Waals surface area (Å²) in [6.07, 6.45) is 0. The first-order chi connectivity index (χ1) is 11.7. The molecule has 5 rings (SSSR count). The van der Waals surface area contributed by atoms with Crippen LogP contribution in [0.25, 0.3) is 43.6 Å². The molecule has 5 aromatic rings. The minimum absolute atomic E-state index is 0.489. The van der Waals surface area contributed by atoms with Gasteiger partial charge in [0.1, 0.15) is 0 Å². The zero-order chi connectivity index (χ0) is 16.3. The lowest BCUT2D eigenvalue weighted by molar-refractivity contribution is 1.42. The van der Waals surface area contributed by atoms with Crippen LogP contribution in [0.1, 0.15) is 0 Å². The maximum atomic E-state index is 6.15. The minimum Gasteiger partial charge on any atom is -0.244 e. The zero-order valence-corrected chi connectivity index (χ0v) is 13.9. The van der Waals surface area contributed by atoms with Crippen molar-refractivity contribution in [1.29, 1.82) is 0 Å². The Kier molecular flexibility index (Phi) is 2.93. The van der Waals surface area contributed by atoms with E-state index in [-0.39, 0.29) is 0 Å². The van der Waals surface area contributed by atoms with E-state index in [4.69, 9.17) is 33.2 Å². The molecule has 0 fully saturated rings. The van der Waals surface area contributed by atoms with E-state index in [2.05, 4.69) is 24.3 Å². The van der Waals surface area contributed by atoms with Gasteiger partial charge in [0.25, 0.3) is 0 Å². The predicted molar refractivity (Wildman–Crippen MR) is 102 cm³/mol. The molecule has 0 aliphatic carbocycles. The Morgan fingerprint density at radius 1 is 0.542 bits per heavy atom. The molecule has 0 atom stereocenters. The van der Waals surface area contributed by atoms with Crippen LogP contribution in [-0.4, -0.2) is 9.97 Å². The molecule has 1 aromatic heterocycles. The van der Waals surface area contributed by atoms with Gasteiger partial charge in [-0.3, -0.25) is 0 Å². The second-order valence-electron chi connectivity index (χ2n) is 5.77. The van der Waals surface area contributed by atoms with Gasteiger partial charge >= 0.3 is 0 Å². The molecule has 0 N–H and O–H groups in total. The number of rotatable bonds is 0. The summed E-state index contributed by atoms with van der Waals surface area (Å²) in [6.45, 7) is 0. The fourth-order valence-electron chi connectivity index (χ4n) is 3.28. The fraction of sp³-hybridized carbons (Fsp3) is 0. The molecule has 1 heterocycles.